The van der Waals surface area contributed by atoms with Gasteiger partial charge in [0.1, 0.15) is 5.75 Å². The van der Waals surface area contributed by atoms with Gasteiger partial charge in [0.05, 0.1) is 12.8 Å². The van der Waals surface area contributed by atoms with Crippen LogP contribution in [0.2, 0.25) is 0 Å². The summed E-state index contributed by atoms with van der Waals surface area (Å²) in [7, 11) is 3.72. The Balaban J connectivity index is 1.11. The van der Waals surface area contributed by atoms with Crippen molar-refractivity contribution in [2.24, 2.45) is 13.0 Å². The van der Waals surface area contributed by atoms with E-state index in [1.807, 2.05) is 23.9 Å². The summed E-state index contributed by atoms with van der Waals surface area (Å²) in [5.41, 5.74) is 3.98. The van der Waals surface area contributed by atoms with E-state index < -0.39 is 0 Å². The highest BCUT2D eigenvalue weighted by molar-refractivity contribution is 5.95. The molecule has 1 N–H and O–H groups in total. The zero-order valence-corrected chi connectivity index (χ0v) is 20.1. The molecule has 0 radical (unpaired) electrons. The molecule has 4 aliphatic rings. The number of piperidine rings is 3. The van der Waals surface area contributed by atoms with Crippen LogP contribution in [0, 0.1) is 5.92 Å². The molecule has 3 aromatic rings. The average Bonchev–Trinajstić information content (AvgIpc) is 3.53. The fraction of sp³-hybridized carbons (Fsp3) is 0.407. The molecule has 0 aliphatic carbocycles. The Morgan fingerprint density at radius 2 is 1.97 bits per heavy atom. The number of aromatic nitrogens is 2. The lowest BCUT2D eigenvalue weighted by Crippen LogP contribution is -2.56. The number of amides is 1. The van der Waals surface area contributed by atoms with Crippen LogP contribution in [-0.4, -0.2) is 60.2 Å². The first-order valence-corrected chi connectivity index (χ1v) is 12.2. The van der Waals surface area contributed by atoms with Gasteiger partial charge in [-0.25, -0.2) is 0 Å². The van der Waals surface area contributed by atoms with Crippen molar-refractivity contribution in [1.29, 1.82) is 0 Å². The first-order chi connectivity index (χ1) is 17.1. The molecule has 8 nitrogen and oxygen atoms in total. The fourth-order valence-corrected chi connectivity index (χ4v) is 5.77. The number of nitrogens with zero attached hydrogens (tertiary/aromatic N) is 3. The van der Waals surface area contributed by atoms with Crippen LogP contribution < -0.4 is 19.5 Å². The number of carbonyl (C=O) groups is 1. The number of hydrogen-bond acceptors (Lipinski definition) is 6. The van der Waals surface area contributed by atoms with E-state index in [0.717, 1.165) is 36.5 Å². The Hall–Kier alpha value is -3.52. The van der Waals surface area contributed by atoms with Gasteiger partial charge in [-0.05, 0) is 73.8 Å². The summed E-state index contributed by atoms with van der Waals surface area (Å²) in [4.78, 5) is 15.3. The number of nitrogens with one attached hydrogen (secondary N) is 1. The molecule has 2 bridgehead atoms. The second kappa shape index (κ2) is 8.92. The maximum absolute atomic E-state index is 12.8. The summed E-state index contributed by atoms with van der Waals surface area (Å²) in [5.74, 6) is 3.14. The third-order valence-electron chi connectivity index (χ3n) is 7.69. The van der Waals surface area contributed by atoms with Crippen LogP contribution in [0.15, 0.2) is 48.5 Å². The Bertz CT molecular complexity index is 1240. The van der Waals surface area contributed by atoms with Crippen molar-refractivity contribution in [3.63, 3.8) is 0 Å². The lowest BCUT2D eigenvalue weighted by molar-refractivity contribution is 0.0280. The number of fused-ring (bicyclic) bond motifs is 4. The van der Waals surface area contributed by atoms with Gasteiger partial charge in [-0.1, -0.05) is 0 Å². The maximum atomic E-state index is 12.8. The van der Waals surface area contributed by atoms with Gasteiger partial charge in [-0.15, -0.1) is 0 Å². The van der Waals surface area contributed by atoms with Crippen molar-refractivity contribution in [2.75, 3.05) is 33.5 Å². The van der Waals surface area contributed by atoms with Gasteiger partial charge in [-0.2, -0.15) is 5.10 Å². The Morgan fingerprint density at radius 3 is 2.74 bits per heavy atom. The van der Waals surface area contributed by atoms with Gasteiger partial charge >= 0.3 is 0 Å². The van der Waals surface area contributed by atoms with E-state index in [1.165, 1.54) is 12.1 Å². The molecule has 4 atom stereocenters. The smallest absolute Gasteiger partial charge is 0.251 e. The normalized spacial score (nSPS) is 24.4. The summed E-state index contributed by atoms with van der Waals surface area (Å²) >= 11 is 0. The van der Waals surface area contributed by atoms with E-state index in [2.05, 4.69) is 28.4 Å². The van der Waals surface area contributed by atoms with E-state index in [1.54, 1.807) is 25.3 Å². The summed E-state index contributed by atoms with van der Waals surface area (Å²) < 4.78 is 18.1. The van der Waals surface area contributed by atoms with Crippen LogP contribution in [0.25, 0.3) is 11.3 Å². The highest BCUT2D eigenvalue weighted by Gasteiger charge is 2.42. The molecular formula is C27H30N4O4. The predicted octanol–water partition coefficient (Wildman–Crippen LogP) is 3.43. The van der Waals surface area contributed by atoms with Crippen LogP contribution in [0.3, 0.4) is 0 Å². The summed E-state index contributed by atoms with van der Waals surface area (Å²) in [6.45, 7) is 2.93. The molecule has 0 saturated carbocycles. The third-order valence-corrected chi connectivity index (χ3v) is 7.69. The summed E-state index contributed by atoms with van der Waals surface area (Å²) in [6, 6.07) is 16.0. The van der Waals surface area contributed by atoms with Crippen molar-refractivity contribution >= 4 is 5.91 Å². The minimum Gasteiger partial charge on any atom is -0.497 e. The van der Waals surface area contributed by atoms with E-state index in [9.17, 15) is 4.79 Å². The first-order valence-electron chi connectivity index (χ1n) is 12.2. The molecule has 182 valence electrons. The largest absolute Gasteiger partial charge is 0.497 e. The minimum absolute atomic E-state index is 0.0711. The van der Waals surface area contributed by atoms with Crippen molar-refractivity contribution in [2.45, 2.75) is 24.8 Å². The van der Waals surface area contributed by atoms with E-state index in [4.69, 9.17) is 19.3 Å². The van der Waals surface area contributed by atoms with E-state index in [-0.39, 0.29) is 12.7 Å². The molecule has 8 heteroatoms. The van der Waals surface area contributed by atoms with Gasteiger partial charge in [0.15, 0.2) is 11.5 Å². The van der Waals surface area contributed by atoms with Crippen LogP contribution >= 0.6 is 0 Å². The van der Waals surface area contributed by atoms with Gasteiger partial charge in [0.25, 0.3) is 5.91 Å². The number of methoxy groups -OCH3 is 1. The molecule has 5 heterocycles. The molecule has 2 aromatic carbocycles. The summed E-state index contributed by atoms with van der Waals surface area (Å²) in [5, 5.41) is 7.95. The maximum Gasteiger partial charge on any atom is 0.251 e. The number of hydrogen-bond donors (Lipinski definition) is 1. The molecule has 1 amide bonds. The average molecular weight is 475 g/mol. The van der Waals surface area contributed by atoms with Crippen LogP contribution in [-0.2, 0) is 7.05 Å². The number of benzene rings is 2. The minimum atomic E-state index is -0.0711. The van der Waals surface area contributed by atoms with Crippen LogP contribution in [0.1, 0.15) is 34.8 Å². The molecule has 35 heavy (non-hydrogen) atoms. The molecule has 1 aromatic heterocycles. The third kappa shape index (κ3) is 4.12. The van der Waals surface area contributed by atoms with Gasteiger partial charge < -0.3 is 19.5 Å². The van der Waals surface area contributed by atoms with Crippen molar-refractivity contribution in [1.82, 2.24) is 20.0 Å². The number of ether oxygens (including phenoxy) is 3. The second-order valence-corrected chi connectivity index (χ2v) is 9.62. The number of rotatable bonds is 6. The van der Waals surface area contributed by atoms with Gasteiger partial charge in [-0.3, -0.25) is 14.4 Å². The highest BCUT2D eigenvalue weighted by Crippen LogP contribution is 2.42. The molecular weight excluding hydrogens is 444 g/mol. The fourth-order valence-electron chi connectivity index (χ4n) is 5.77. The monoisotopic (exact) mass is 474 g/mol. The first kappa shape index (κ1) is 22.0. The topological polar surface area (TPSA) is 77.9 Å². The lowest BCUT2D eigenvalue weighted by Gasteiger charge is -2.50. The lowest BCUT2D eigenvalue weighted by atomic mass is 9.74. The standard InChI is InChI=1S/C27H30N4O4/c1-30-24(13-23(29-30)17-3-6-21(33-2)7-4-17)22-15-31-10-9-18(22)11-20(31)14-28-27(32)19-5-8-25-26(12-19)35-16-34-25/h3-8,12-13,18,20,22H,9-11,14-16H2,1-2H3,(H,28,32)/t18-,20+,22-/m0/s1. The molecule has 7 rings (SSSR count). The van der Waals surface area contributed by atoms with Crippen LogP contribution in [0.5, 0.6) is 17.2 Å². The molecule has 0 spiro atoms. The molecule has 1 unspecified atom stereocenters. The number of carbonyl (C=O) groups excluding carboxylic acids is 1. The Morgan fingerprint density at radius 1 is 1.14 bits per heavy atom. The predicted molar refractivity (Wildman–Crippen MR) is 131 cm³/mol. The highest BCUT2D eigenvalue weighted by atomic mass is 16.7. The van der Waals surface area contributed by atoms with Gasteiger partial charge in [0.2, 0.25) is 6.79 Å². The number of aryl methyl sites for hydroxylation is 1. The van der Waals surface area contributed by atoms with E-state index >= 15 is 0 Å². The Kier molecular flexibility index (Phi) is 5.60. The van der Waals surface area contributed by atoms with Crippen molar-refractivity contribution in [3.05, 3.63) is 59.8 Å². The molecule has 3 saturated heterocycles. The van der Waals surface area contributed by atoms with Crippen molar-refractivity contribution in [3.8, 4) is 28.5 Å². The molecule has 4 aliphatic heterocycles. The van der Waals surface area contributed by atoms with Crippen molar-refractivity contribution < 1.29 is 19.0 Å². The zero-order chi connectivity index (χ0) is 23.9. The zero-order valence-electron chi connectivity index (χ0n) is 20.1. The SMILES string of the molecule is COc1ccc(-c2cc([C@H]3CN4CC[C@H]3C[C@@H]4CNC(=O)c3ccc4c(c3)OCO4)n(C)n2)cc1. The van der Waals surface area contributed by atoms with E-state index in [0.29, 0.717) is 41.5 Å². The molecule has 3 fully saturated rings. The Labute approximate surface area is 204 Å². The van der Waals surface area contributed by atoms with Crippen LogP contribution in [0.4, 0.5) is 0 Å². The second-order valence-electron chi connectivity index (χ2n) is 9.62. The quantitative estimate of drug-likeness (QED) is 0.590. The van der Waals surface area contributed by atoms with Gasteiger partial charge in [0, 0.05) is 48.9 Å². The summed E-state index contributed by atoms with van der Waals surface area (Å²) in [6.07, 6.45) is 2.26.